The van der Waals surface area contributed by atoms with Gasteiger partial charge in [0, 0.05) is 42.8 Å². The van der Waals surface area contributed by atoms with E-state index in [0.29, 0.717) is 15.6 Å². The molecule has 1 atom stereocenters. The van der Waals surface area contributed by atoms with E-state index in [0.717, 1.165) is 40.4 Å². The predicted octanol–water partition coefficient (Wildman–Crippen LogP) is 5.99. The number of imidazole rings is 1. The Morgan fingerprint density at radius 3 is 2.66 bits per heavy atom. The molecular formula is C21H23Cl2N5S. The number of fused-ring (bicyclic) bond motifs is 1. The highest BCUT2D eigenvalue weighted by atomic mass is 35.5. The van der Waals surface area contributed by atoms with Crippen LogP contribution in [0.5, 0.6) is 0 Å². The van der Waals surface area contributed by atoms with Gasteiger partial charge in [-0.15, -0.1) is 0 Å². The van der Waals surface area contributed by atoms with Crippen LogP contribution in [-0.4, -0.2) is 32.4 Å². The molecule has 2 aliphatic rings. The minimum Gasteiger partial charge on any atom is -0.342 e. The lowest BCUT2D eigenvalue weighted by atomic mass is 9.71. The smallest absolute Gasteiger partial charge is 0.211 e. The molecule has 1 aliphatic carbocycles. The van der Waals surface area contributed by atoms with Crippen molar-refractivity contribution < 1.29 is 0 Å². The fourth-order valence-electron chi connectivity index (χ4n) is 5.00. The van der Waals surface area contributed by atoms with E-state index in [1.54, 1.807) is 6.20 Å². The molecule has 1 aliphatic heterocycles. The minimum atomic E-state index is 0.309. The fourth-order valence-corrected chi connectivity index (χ4v) is 6.34. The molecule has 0 unspecified atom stereocenters. The lowest BCUT2D eigenvalue weighted by Crippen LogP contribution is -2.42. The van der Waals surface area contributed by atoms with Gasteiger partial charge < -0.3 is 4.90 Å². The third kappa shape index (κ3) is 3.39. The Balaban J connectivity index is 1.42. The Hall–Kier alpha value is -1.50. The van der Waals surface area contributed by atoms with Crippen LogP contribution in [0.25, 0.3) is 5.65 Å². The van der Waals surface area contributed by atoms with Gasteiger partial charge in [0.1, 0.15) is 5.15 Å². The summed E-state index contributed by atoms with van der Waals surface area (Å²) in [5.74, 6) is 1.82. The maximum absolute atomic E-state index is 6.32. The molecule has 0 radical (unpaired) electrons. The van der Waals surface area contributed by atoms with E-state index in [-0.39, 0.29) is 0 Å². The number of piperidine rings is 1. The highest BCUT2D eigenvalue weighted by molar-refractivity contribution is 7.99. The summed E-state index contributed by atoms with van der Waals surface area (Å²) in [5.41, 5.74) is 1.44. The molecular weight excluding hydrogens is 425 g/mol. The van der Waals surface area contributed by atoms with Crippen molar-refractivity contribution in [1.29, 1.82) is 0 Å². The normalized spacial score (nSPS) is 21.3. The van der Waals surface area contributed by atoms with Crippen molar-refractivity contribution in [2.75, 3.05) is 18.0 Å². The molecule has 0 bridgehead atoms. The lowest BCUT2D eigenvalue weighted by molar-refractivity contribution is 0.161. The maximum Gasteiger partial charge on any atom is 0.211 e. The topological polar surface area (TPSA) is 46.3 Å². The van der Waals surface area contributed by atoms with Crippen molar-refractivity contribution in [3.63, 3.8) is 0 Å². The molecule has 1 spiro atoms. The first-order chi connectivity index (χ1) is 14.1. The van der Waals surface area contributed by atoms with Crippen LogP contribution in [0.1, 0.15) is 39.0 Å². The third-order valence-corrected chi connectivity index (χ3v) is 8.75. The fraction of sp³-hybridized carbons (Fsp3) is 0.476. The van der Waals surface area contributed by atoms with Gasteiger partial charge in [-0.05, 0) is 36.7 Å². The maximum atomic E-state index is 6.32. The zero-order valence-corrected chi connectivity index (χ0v) is 18.6. The SMILES string of the molecule is C[C@@H]1CCCC12CCN(c1ncc(Sc3ccnc(Cl)c3Cl)c3nccn13)CC2. The van der Waals surface area contributed by atoms with E-state index in [1.807, 2.05) is 24.7 Å². The molecule has 29 heavy (non-hydrogen) atoms. The molecule has 152 valence electrons. The van der Waals surface area contributed by atoms with Gasteiger partial charge in [0.2, 0.25) is 5.95 Å². The second-order valence-corrected chi connectivity index (χ2v) is 10.0. The van der Waals surface area contributed by atoms with E-state index in [1.165, 1.54) is 43.9 Å². The summed E-state index contributed by atoms with van der Waals surface area (Å²) in [7, 11) is 0. The zero-order chi connectivity index (χ0) is 20.0. The van der Waals surface area contributed by atoms with Crippen molar-refractivity contribution in [2.45, 2.75) is 48.8 Å². The summed E-state index contributed by atoms with van der Waals surface area (Å²) in [5, 5.41) is 0.768. The van der Waals surface area contributed by atoms with Gasteiger partial charge in [0.05, 0.1) is 9.92 Å². The summed E-state index contributed by atoms with van der Waals surface area (Å²) >= 11 is 13.9. The molecule has 4 heterocycles. The molecule has 3 aromatic rings. The summed E-state index contributed by atoms with van der Waals surface area (Å²) in [6, 6.07) is 1.86. The highest BCUT2D eigenvalue weighted by Crippen LogP contribution is 2.50. The van der Waals surface area contributed by atoms with E-state index in [2.05, 4.69) is 26.2 Å². The second-order valence-electron chi connectivity index (χ2n) is 8.20. The van der Waals surface area contributed by atoms with Gasteiger partial charge in [-0.2, -0.15) is 0 Å². The monoisotopic (exact) mass is 447 g/mol. The van der Waals surface area contributed by atoms with Crippen LogP contribution in [0.15, 0.2) is 40.6 Å². The Kier molecular flexibility index (Phi) is 5.13. The average molecular weight is 448 g/mol. The van der Waals surface area contributed by atoms with Crippen LogP contribution in [0.3, 0.4) is 0 Å². The predicted molar refractivity (Wildman–Crippen MR) is 118 cm³/mol. The van der Waals surface area contributed by atoms with Gasteiger partial charge in [0.15, 0.2) is 5.65 Å². The lowest BCUT2D eigenvalue weighted by Gasteiger charge is -2.42. The number of rotatable bonds is 3. The molecule has 2 fully saturated rings. The first-order valence-electron chi connectivity index (χ1n) is 10.1. The molecule has 5 nitrogen and oxygen atoms in total. The van der Waals surface area contributed by atoms with E-state index < -0.39 is 0 Å². The number of nitrogens with zero attached hydrogens (tertiary/aromatic N) is 5. The number of aromatic nitrogens is 4. The summed E-state index contributed by atoms with van der Waals surface area (Å²) in [6.45, 7) is 4.56. The Labute approximate surface area is 184 Å². The van der Waals surface area contributed by atoms with Gasteiger partial charge in [-0.25, -0.2) is 15.0 Å². The van der Waals surface area contributed by atoms with Crippen LogP contribution in [-0.2, 0) is 0 Å². The van der Waals surface area contributed by atoms with Gasteiger partial charge in [-0.3, -0.25) is 4.40 Å². The molecule has 0 amide bonds. The Bertz CT molecular complexity index is 1040. The van der Waals surface area contributed by atoms with E-state index in [9.17, 15) is 0 Å². The van der Waals surface area contributed by atoms with E-state index >= 15 is 0 Å². The molecule has 1 saturated carbocycles. The Morgan fingerprint density at radius 1 is 1.07 bits per heavy atom. The molecule has 5 rings (SSSR count). The largest absolute Gasteiger partial charge is 0.342 e. The van der Waals surface area contributed by atoms with Crippen molar-refractivity contribution in [3.8, 4) is 0 Å². The van der Waals surface area contributed by atoms with Crippen molar-refractivity contribution in [1.82, 2.24) is 19.4 Å². The Morgan fingerprint density at radius 2 is 1.90 bits per heavy atom. The number of hydrogen-bond donors (Lipinski definition) is 0. The summed E-state index contributed by atoms with van der Waals surface area (Å²) in [4.78, 5) is 17.6. The first-order valence-corrected chi connectivity index (χ1v) is 11.7. The molecule has 8 heteroatoms. The van der Waals surface area contributed by atoms with Gasteiger partial charge >= 0.3 is 0 Å². The summed E-state index contributed by atoms with van der Waals surface area (Å²) in [6.07, 6.45) is 14.1. The molecule has 0 N–H and O–H groups in total. The van der Waals surface area contributed by atoms with Crippen LogP contribution < -0.4 is 4.90 Å². The van der Waals surface area contributed by atoms with Gasteiger partial charge in [-0.1, -0.05) is 54.7 Å². The van der Waals surface area contributed by atoms with Crippen LogP contribution in [0, 0.1) is 11.3 Å². The molecule has 0 aromatic carbocycles. The minimum absolute atomic E-state index is 0.309. The molecule has 1 saturated heterocycles. The number of halogens is 2. The molecule has 3 aromatic heterocycles. The number of anilines is 1. The summed E-state index contributed by atoms with van der Waals surface area (Å²) < 4.78 is 2.09. The van der Waals surface area contributed by atoms with Crippen LogP contribution in [0.2, 0.25) is 10.2 Å². The quantitative estimate of drug-likeness (QED) is 0.461. The second kappa shape index (κ2) is 7.64. The highest BCUT2D eigenvalue weighted by Gasteiger charge is 2.42. The average Bonchev–Trinajstić information content (AvgIpc) is 3.35. The van der Waals surface area contributed by atoms with Gasteiger partial charge in [0.25, 0.3) is 0 Å². The third-order valence-electron chi connectivity index (χ3n) is 6.80. The standard InChI is InChI=1S/C21H23Cl2N5S/c1-14-3-2-5-21(14)6-10-27(11-7-21)20-26-13-16(19-25-9-12-28(19)20)29-15-4-8-24-18(23)17(15)22/h4,8-9,12-14H,2-3,5-7,10-11H2,1H3/t14-/m1/s1. The zero-order valence-electron chi connectivity index (χ0n) is 16.3. The van der Waals surface area contributed by atoms with Crippen molar-refractivity contribution >= 4 is 46.6 Å². The van der Waals surface area contributed by atoms with Crippen LogP contribution >= 0.6 is 35.0 Å². The van der Waals surface area contributed by atoms with E-state index in [4.69, 9.17) is 28.2 Å². The van der Waals surface area contributed by atoms with Crippen molar-refractivity contribution in [2.24, 2.45) is 11.3 Å². The number of pyridine rings is 1. The van der Waals surface area contributed by atoms with Crippen molar-refractivity contribution in [3.05, 3.63) is 41.0 Å². The number of hydrogen-bond acceptors (Lipinski definition) is 5. The van der Waals surface area contributed by atoms with Crippen LogP contribution in [0.4, 0.5) is 5.95 Å². The first kappa shape index (κ1) is 19.5.